The van der Waals surface area contributed by atoms with Crippen LogP contribution in [0.4, 0.5) is 9.59 Å². The van der Waals surface area contributed by atoms with Gasteiger partial charge < -0.3 is 47.7 Å². The third kappa shape index (κ3) is 6.50. The first-order valence-corrected chi connectivity index (χ1v) is 15.5. The van der Waals surface area contributed by atoms with Crippen LogP contribution in [-0.2, 0) is 25.6 Å². The number of rotatable bonds is 10. The molecule has 3 aliphatic rings. The molecule has 48 heavy (non-hydrogen) atoms. The van der Waals surface area contributed by atoms with Gasteiger partial charge in [-0.25, -0.2) is 9.59 Å². The second-order valence-corrected chi connectivity index (χ2v) is 12.0. The summed E-state index contributed by atoms with van der Waals surface area (Å²) >= 11 is 0. The van der Waals surface area contributed by atoms with Crippen LogP contribution in [0.1, 0.15) is 34.3 Å². The first kappa shape index (κ1) is 32.8. The molecule has 0 spiro atoms. The quantitative estimate of drug-likeness (QED) is 0.169. The van der Waals surface area contributed by atoms with E-state index in [1.165, 1.54) is 19.1 Å². The predicted molar refractivity (Wildman–Crippen MR) is 170 cm³/mol. The Morgan fingerprint density at radius 3 is 2.19 bits per heavy atom. The summed E-state index contributed by atoms with van der Waals surface area (Å²) in [5.74, 6) is -0.896. The van der Waals surface area contributed by atoms with Crippen LogP contribution in [0, 0.1) is 11.8 Å². The second kappa shape index (κ2) is 13.9. The first-order valence-electron chi connectivity index (χ1n) is 15.5. The van der Waals surface area contributed by atoms with Gasteiger partial charge >= 0.3 is 18.2 Å². The average Bonchev–Trinajstić information content (AvgIpc) is 3.71. The normalized spacial score (nSPS) is 20.3. The van der Waals surface area contributed by atoms with Crippen LogP contribution in [0.15, 0.2) is 54.6 Å². The van der Waals surface area contributed by atoms with E-state index in [-0.39, 0.29) is 37.3 Å². The smallest absolute Gasteiger partial charge is 0.493 e. The van der Waals surface area contributed by atoms with Gasteiger partial charge in [0, 0.05) is 37.5 Å². The van der Waals surface area contributed by atoms with Gasteiger partial charge in [-0.15, -0.1) is 0 Å². The van der Waals surface area contributed by atoms with E-state index in [0.717, 1.165) is 5.56 Å². The molecule has 0 N–H and O–H groups in total. The third-order valence-corrected chi connectivity index (χ3v) is 8.77. The van der Waals surface area contributed by atoms with Crippen LogP contribution >= 0.6 is 0 Å². The maximum atomic E-state index is 13.5. The lowest BCUT2D eigenvalue weighted by molar-refractivity contribution is -0.141. The van der Waals surface area contributed by atoms with E-state index >= 15 is 0 Å². The summed E-state index contributed by atoms with van der Waals surface area (Å²) in [5, 5.41) is 0. The van der Waals surface area contributed by atoms with Crippen LogP contribution in [0.2, 0.25) is 0 Å². The van der Waals surface area contributed by atoms with Crippen molar-refractivity contribution in [1.29, 1.82) is 0 Å². The van der Waals surface area contributed by atoms with E-state index < -0.39 is 42.1 Å². The summed E-state index contributed by atoms with van der Waals surface area (Å²) in [6.45, 7) is 1.20. The van der Waals surface area contributed by atoms with E-state index in [2.05, 4.69) is 0 Å². The molecular weight excluding hydrogens is 624 g/mol. The number of fused-ring (bicyclic) bond motifs is 3. The fourth-order valence-electron chi connectivity index (χ4n) is 6.31. The van der Waals surface area contributed by atoms with E-state index in [4.69, 9.17) is 37.9 Å². The molecule has 0 aromatic heterocycles. The summed E-state index contributed by atoms with van der Waals surface area (Å²) in [7, 11) is 8.38. The largest absolute Gasteiger partial charge is 0.514 e. The van der Waals surface area contributed by atoms with Gasteiger partial charge in [-0.05, 0) is 55.1 Å². The maximum Gasteiger partial charge on any atom is 0.514 e. The zero-order valence-corrected chi connectivity index (χ0v) is 27.4. The van der Waals surface area contributed by atoms with Gasteiger partial charge in [0.1, 0.15) is 12.7 Å². The van der Waals surface area contributed by atoms with Crippen molar-refractivity contribution in [2.75, 3.05) is 61.9 Å². The first-order chi connectivity index (χ1) is 23.2. The van der Waals surface area contributed by atoms with Gasteiger partial charge in [-0.1, -0.05) is 30.3 Å². The molecule has 0 unspecified atom stereocenters. The monoisotopic (exact) mass is 662 g/mol. The van der Waals surface area contributed by atoms with Gasteiger partial charge in [-0.2, -0.15) is 0 Å². The minimum atomic E-state index is -0.946. The Kier molecular flexibility index (Phi) is 9.49. The molecule has 1 amide bonds. The van der Waals surface area contributed by atoms with Crippen molar-refractivity contribution in [3.05, 3.63) is 76.9 Å². The Balaban J connectivity index is 1.36. The number of benzene rings is 3. The van der Waals surface area contributed by atoms with E-state index in [1.807, 2.05) is 55.4 Å². The number of carbonyl (C=O) groups is 3. The number of methoxy groups -OCH3 is 2. The highest BCUT2D eigenvalue weighted by atomic mass is 16.7. The molecule has 3 aromatic rings. The molecule has 13 nitrogen and oxygen atoms in total. The highest BCUT2D eigenvalue weighted by Gasteiger charge is 2.54. The second-order valence-electron chi connectivity index (χ2n) is 12.0. The molecular formula is C35H38N2O11. The van der Waals surface area contributed by atoms with Crippen molar-refractivity contribution in [2.45, 2.75) is 18.6 Å². The molecule has 6 rings (SSSR count). The zero-order chi connectivity index (χ0) is 33.9. The van der Waals surface area contributed by atoms with Crippen molar-refractivity contribution in [3.8, 4) is 28.7 Å². The van der Waals surface area contributed by atoms with Crippen molar-refractivity contribution >= 4 is 18.2 Å². The SMILES string of the molecule is COc1cc([C@@H]2c3cc4c(cc3[C@@H](OC(=O)N(C)CCN(C)C)[C@H]3COC(=O)[C@H]23)OCO4)cc(OC)c1OC(=O)OCc1ccccc1. The Bertz CT molecular complexity index is 1650. The predicted octanol–water partition coefficient (Wildman–Crippen LogP) is 4.75. The fraction of sp³-hybridized carbons (Fsp3) is 0.400. The van der Waals surface area contributed by atoms with Crippen LogP contribution in [0.3, 0.4) is 0 Å². The van der Waals surface area contributed by atoms with E-state index in [0.29, 0.717) is 41.3 Å². The summed E-state index contributed by atoms with van der Waals surface area (Å²) in [6.07, 6.45) is -2.27. The number of hydrogen-bond acceptors (Lipinski definition) is 12. The number of amides is 1. The highest BCUT2D eigenvalue weighted by molar-refractivity contribution is 5.79. The van der Waals surface area contributed by atoms with Gasteiger partial charge in [-0.3, -0.25) is 4.79 Å². The van der Waals surface area contributed by atoms with Crippen molar-refractivity contribution in [2.24, 2.45) is 11.8 Å². The van der Waals surface area contributed by atoms with Crippen molar-refractivity contribution < 1.29 is 52.3 Å². The number of hydrogen-bond donors (Lipinski definition) is 0. The summed E-state index contributed by atoms with van der Waals surface area (Å²) in [4.78, 5) is 43.0. The minimum Gasteiger partial charge on any atom is -0.493 e. The van der Waals surface area contributed by atoms with E-state index in [9.17, 15) is 14.4 Å². The lowest BCUT2D eigenvalue weighted by atomic mass is 9.66. The maximum absolute atomic E-state index is 13.5. The van der Waals surface area contributed by atoms with Crippen LogP contribution in [0.5, 0.6) is 28.7 Å². The molecule has 2 aliphatic heterocycles. The number of esters is 1. The molecule has 0 radical (unpaired) electrons. The molecule has 3 aromatic carbocycles. The fourth-order valence-corrected chi connectivity index (χ4v) is 6.31. The molecule has 254 valence electrons. The molecule has 0 saturated carbocycles. The number of carbonyl (C=O) groups excluding carboxylic acids is 3. The molecule has 1 fully saturated rings. The van der Waals surface area contributed by atoms with Gasteiger partial charge in [0.2, 0.25) is 12.5 Å². The molecule has 2 heterocycles. The summed E-state index contributed by atoms with van der Waals surface area (Å²) in [5.41, 5.74) is 2.77. The molecule has 1 aliphatic carbocycles. The number of likely N-dealkylation sites (N-methyl/N-ethyl adjacent to an activating group) is 2. The Morgan fingerprint density at radius 1 is 0.875 bits per heavy atom. The molecule has 1 saturated heterocycles. The van der Waals surface area contributed by atoms with Gasteiger partial charge in [0.15, 0.2) is 23.0 Å². The minimum absolute atomic E-state index is 0.0136. The standard InChI is InChI=1S/C35H38N2O11/c1-36(2)11-12-37(3)34(39)47-31-23-16-26-25(45-19-46-26)15-22(23)29(30-24(31)18-43-33(30)38)21-13-27(41-4)32(28(14-21)42-5)48-35(40)44-17-20-9-7-6-8-10-20/h6-10,13-16,24,29-31H,11-12,17-19H2,1-5H3/t24-,29+,30-,31+/m0/s1. The third-order valence-electron chi connectivity index (χ3n) is 8.77. The average molecular weight is 663 g/mol. The van der Waals surface area contributed by atoms with Crippen LogP contribution in [-0.4, -0.2) is 89.9 Å². The van der Waals surface area contributed by atoms with Crippen LogP contribution < -0.4 is 23.7 Å². The van der Waals surface area contributed by atoms with Crippen LogP contribution in [0.25, 0.3) is 0 Å². The zero-order valence-electron chi connectivity index (χ0n) is 27.4. The molecule has 0 bridgehead atoms. The Hall–Kier alpha value is -5.17. The lowest BCUT2D eigenvalue weighted by Gasteiger charge is -2.39. The van der Waals surface area contributed by atoms with Crippen molar-refractivity contribution in [1.82, 2.24) is 9.80 Å². The van der Waals surface area contributed by atoms with Gasteiger partial charge in [0.05, 0.1) is 26.7 Å². The van der Waals surface area contributed by atoms with Crippen molar-refractivity contribution in [3.63, 3.8) is 0 Å². The number of cyclic esters (lactones) is 1. The summed E-state index contributed by atoms with van der Waals surface area (Å²) in [6, 6.07) is 16.2. The Morgan fingerprint density at radius 2 is 1.54 bits per heavy atom. The van der Waals surface area contributed by atoms with E-state index in [1.54, 1.807) is 25.2 Å². The van der Waals surface area contributed by atoms with Gasteiger partial charge in [0.25, 0.3) is 0 Å². The highest BCUT2D eigenvalue weighted by Crippen LogP contribution is 2.56. The topological polar surface area (TPSA) is 132 Å². The number of ether oxygens (including phenoxy) is 8. The molecule has 4 atom stereocenters. The number of nitrogens with zero attached hydrogens (tertiary/aromatic N) is 2. The molecule has 13 heteroatoms. The lowest BCUT2D eigenvalue weighted by Crippen LogP contribution is -2.40. The Labute approximate surface area is 278 Å². The summed E-state index contributed by atoms with van der Waals surface area (Å²) < 4.78 is 45.4.